The van der Waals surface area contributed by atoms with E-state index in [4.69, 9.17) is 0 Å². The van der Waals surface area contributed by atoms with E-state index in [1.54, 1.807) is 17.1 Å². The van der Waals surface area contributed by atoms with Crippen molar-refractivity contribution in [2.75, 3.05) is 20.6 Å². The maximum Gasteiger partial charge on any atom is 0.221 e. The number of aromatic nitrogens is 3. The zero-order chi connectivity index (χ0) is 15.9. The lowest BCUT2D eigenvalue weighted by molar-refractivity contribution is -0.121. The third-order valence-electron chi connectivity index (χ3n) is 3.38. The first-order valence-corrected chi connectivity index (χ1v) is 7.07. The number of likely N-dealkylation sites (N-methyl/N-ethyl adjacent to an activating group) is 1. The molecule has 0 aliphatic heterocycles. The van der Waals surface area contributed by atoms with Crippen LogP contribution in [0.15, 0.2) is 36.9 Å². The van der Waals surface area contributed by atoms with Gasteiger partial charge in [-0.1, -0.05) is 12.1 Å². The number of benzene rings is 1. The predicted molar refractivity (Wildman–Crippen MR) is 80.5 cm³/mol. The lowest BCUT2D eigenvalue weighted by Gasteiger charge is -2.25. The van der Waals surface area contributed by atoms with E-state index in [-0.39, 0.29) is 17.8 Å². The summed E-state index contributed by atoms with van der Waals surface area (Å²) in [5, 5.41) is 6.82. The van der Waals surface area contributed by atoms with Gasteiger partial charge in [-0.05, 0) is 31.8 Å². The Kier molecular flexibility index (Phi) is 5.60. The van der Waals surface area contributed by atoms with Gasteiger partial charge in [0.05, 0.1) is 12.6 Å². The first-order chi connectivity index (χ1) is 10.6. The van der Waals surface area contributed by atoms with E-state index < -0.39 is 0 Å². The summed E-state index contributed by atoms with van der Waals surface area (Å²) < 4.78 is 15.0. The minimum absolute atomic E-state index is 0.0706. The Bertz CT molecular complexity index is 600. The number of nitrogens with one attached hydrogen (secondary N) is 1. The lowest BCUT2D eigenvalue weighted by atomic mass is 10.1. The molecule has 0 radical (unpaired) electrons. The van der Waals surface area contributed by atoms with Gasteiger partial charge in [0.1, 0.15) is 18.5 Å². The normalized spacial score (nSPS) is 12.4. The van der Waals surface area contributed by atoms with Crippen LogP contribution >= 0.6 is 0 Å². The Morgan fingerprint density at radius 3 is 2.91 bits per heavy atom. The van der Waals surface area contributed by atoms with E-state index in [1.165, 1.54) is 18.5 Å². The second kappa shape index (κ2) is 7.65. The Balaban J connectivity index is 1.87. The molecule has 0 saturated heterocycles. The van der Waals surface area contributed by atoms with E-state index in [2.05, 4.69) is 15.4 Å². The van der Waals surface area contributed by atoms with Crippen LogP contribution in [0.5, 0.6) is 0 Å². The minimum Gasteiger partial charge on any atom is -0.354 e. The summed E-state index contributed by atoms with van der Waals surface area (Å²) >= 11 is 0. The van der Waals surface area contributed by atoms with E-state index in [0.29, 0.717) is 19.5 Å². The summed E-state index contributed by atoms with van der Waals surface area (Å²) in [4.78, 5) is 17.7. The topological polar surface area (TPSA) is 63.1 Å². The fourth-order valence-corrected chi connectivity index (χ4v) is 2.18. The Hall–Kier alpha value is -2.28. The molecule has 2 aromatic rings. The van der Waals surface area contributed by atoms with Crippen LogP contribution in [-0.2, 0) is 11.3 Å². The maximum absolute atomic E-state index is 13.3. The summed E-state index contributed by atoms with van der Waals surface area (Å²) in [5.74, 6) is -0.347. The summed E-state index contributed by atoms with van der Waals surface area (Å²) in [5.41, 5.74) is 0.835. The molecule has 1 aromatic heterocycles. The lowest BCUT2D eigenvalue weighted by Crippen LogP contribution is -2.35. The molecule has 0 unspecified atom stereocenters. The van der Waals surface area contributed by atoms with E-state index in [0.717, 1.165) is 5.56 Å². The van der Waals surface area contributed by atoms with Crippen LogP contribution in [0.3, 0.4) is 0 Å². The maximum atomic E-state index is 13.3. The number of aryl methyl sites for hydroxylation is 1. The molecule has 1 heterocycles. The van der Waals surface area contributed by atoms with Gasteiger partial charge < -0.3 is 10.2 Å². The molecule has 1 amide bonds. The molecule has 22 heavy (non-hydrogen) atoms. The number of amides is 1. The van der Waals surface area contributed by atoms with Gasteiger partial charge in [0.15, 0.2) is 0 Å². The van der Waals surface area contributed by atoms with Crippen LogP contribution in [0, 0.1) is 5.82 Å². The highest BCUT2D eigenvalue weighted by Gasteiger charge is 2.15. The van der Waals surface area contributed by atoms with Crippen molar-refractivity contribution in [3.05, 3.63) is 48.3 Å². The minimum atomic E-state index is -0.276. The predicted octanol–water partition coefficient (Wildman–Crippen LogP) is 1.23. The van der Waals surface area contributed by atoms with Crippen LogP contribution < -0.4 is 5.32 Å². The first-order valence-electron chi connectivity index (χ1n) is 7.07. The molecule has 0 spiro atoms. The van der Waals surface area contributed by atoms with Crippen LogP contribution in [0.4, 0.5) is 4.39 Å². The average Bonchev–Trinajstić information content (AvgIpc) is 2.98. The highest BCUT2D eigenvalue weighted by molar-refractivity contribution is 5.75. The van der Waals surface area contributed by atoms with Crippen molar-refractivity contribution < 1.29 is 9.18 Å². The van der Waals surface area contributed by atoms with Gasteiger partial charge in [0.25, 0.3) is 0 Å². The van der Waals surface area contributed by atoms with Crippen molar-refractivity contribution in [1.82, 2.24) is 25.0 Å². The summed E-state index contributed by atoms with van der Waals surface area (Å²) in [6, 6.07) is 6.35. The second-order valence-electron chi connectivity index (χ2n) is 5.25. The van der Waals surface area contributed by atoms with Crippen molar-refractivity contribution in [3.8, 4) is 0 Å². The van der Waals surface area contributed by atoms with Gasteiger partial charge in [-0.15, -0.1) is 0 Å². The van der Waals surface area contributed by atoms with Crippen LogP contribution in [-0.4, -0.2) is 46.2 Å². The van der Waals surface area contributed by atoms with Crippen molar-refractivity contribution in [2.24, 2.45) is 0 Å². The Morgan fingerprint density at radius 2 is 2.27 bits per heavy atom. The summed E-state index contributed by atoms with van der Waals surface area (Å²) in [7, 11) is 3.80. The number of hydrogen-bond acceptors (Lipinski definition) is 4. The molecule has 1 N–H and O–H groups in total. The van der Waals surface area contributed by atoms with Crippen molar-refractivity contribution in [3.63, 3.8) is 0 Å². The van der Waals surface area contributed by atoms with Gasteiger partial charge in [-0.3, -0.25) is 9.48 Å². The second-order valence-corrected chi connectivity index (χ2v) is 5.25. The van der Waals surface area contributed by atoms with Gasteiger partial charge in [-0.25, -0.2) is 9.37 Å². The summed E-state index contributed by atoms with van der Waals surface area (Å²) in [6.07, 6.45) is 3.33. The molecule has 2 rings (SSSR count). The third kappa shape index (κ3) is 4.63. The average molecular weight is 305 g/mol. The fourth-order valence-electron chi connectivity index (χ4n) is 2.18. The molecule has 118 valence electrons. The van der Waals surface area contributed by atoms with Crippen LogP contribution in [0.1, 0.15) is 18.0 Å². The smallest absolute Gasteiger partial charge is 0.221 e. The van der Waals surface area contributed by atoms with E-state index in [9.17, 15) is 9.18 Å². The largest absolute Gasteiger partial charge is 0.354 e. The molecule has 1 aromatic carbocycles. The van der Waals surface area contributed by atoms with Crippen molar-refractivity contribution in [1.29, 1.82) is 0 Å². The number of hydrogen-bond donors (Lipinski definition) is 1. The third-order valence-corrected chi connectivity index (χ3v) is 3.38. The number of carbonyl (C=O) groups is 1. The molecule has 0 fully saturated rings. The standard InChI is InChI=1S/C15H20FN5O/c1-20(2)14(12-4-3-5-13(16)8-12)9-18-15(22)6-7-21-11-17-10-19-21/h3-5,8,10-11,14H,6-7,9H2,1-2H3,(H,18,22)/t14-/m1/s1. The zero-order valence-corrected chi connectivity index (χ0v) is 12.7. The van der Waals surface area contributed by atoms with Crippen molar-refractivity contribution >= 4 is 5.91 Å². The molecule has 0 saturated carbocycles. The number of halogens is 1. The van der Waals surface area contributed by atoms with Gasteiger partial charge in [0, 0.05) is 13.0 Å². The molecule has 0 aliphatic rings. The molecule has 0 bridgehead atoms. The Labute approximate surface area is 129 Å². The monoisotopic (exact) mass is 305 g/mol. The number of carbonyl (C=O) groups excluding carboxylic acids is 1. The molecule has 0 aliphatic carbocycles. The SMILES string of the molecule is CN(C)[C@H](CNC(=O)CCn1cncn1)c1cccc(F)c1. The summed E-state index contributed by atoms with van der Waals surface area (Å²) in [6.45, 7) is 0.908. The van der Waals surface area contributed by atoms with Crippen LogP contribution in [0.25, 0.3) is 0 Å². The molecular formula is C15H20FN5O. The molecule has 7 heteroatoms. The van der Waals surface area contributed by atoms with E-state index >= 15 is 0 Å². The van der Waals surface area contributed by atoms with E-state index in [1.807, 2.05) is 25.1 Å². The van der Waals surface area contributed by atoms with Gasteiger partial charge in [0.2, 0.25) is 5.91 Å². The van der Waals surface area contributed by atoms with Crippen molar-refractivity contribution in [2.45, 2.75) is 19.0 Å². The first kappa shape index (κ1) is 16.1. The highest BCUT2D eigenvalue weighted by Crippen LogP contribution is 2.18. The number of nitrogens with zero attached hydrogens (tertiary/aromatic N) is 4. The van der Waals surface area contributed by atoms with Crippen LogP contribution in [0.2, 0.25) is 0 Å². The fraction of sp³-hybridized carbons (Fsp3) is 0.400. The highest BCUT2D eigenvalue weighted by atomic mass is 19.1. The number of rotatable bonds is 7. The molecule has 6 nitrogen and oxygen atoms in total. The Morgan fingerprint density at radius 1 is 1.45 bits per heavy atom. The quantitative estimate of drug-likeness (QED) is 0.835. The zero-order valence-electron chi connectivity index (χ0n) is 12.7. The molecule has 1 atom stereocenters. The van der Waals surface area contributed by atoms with Gasteiger partial charge in [-0.2, -0.15) is 5.10 Å². The van der Waals surface area contributed by atoms with Gasteiger partial charge >= 0.3 is 0 Å². The molecular weight excluding hydrogens is 285 g/mol.